The van der Waals surface area contributed by atoms with Gasteiger partial charge in [0.25, 0.3) is 0 Å². The number of halogens is 2. The van der Waals surface area contributed by atoms with Gasteiger partial charge in [-0.15, -0.1) is 11.6 Å². The Kier molecular flexibility index (Phi) is 5.35. The van der Waals surface area contributed by atoms with Gasteiger partial charge in [-0.2, -0.15) is 5.26 Å². The van der Waals surface area contributed by atoms with Crippen molar-refractivity contribution in [2.45, 2.75) is 19.3 Å². The van der Waals surface area contributed by atoms with Crippen molar-refractivity contribution >= 4 is 23.2 Å². The molecule has 0 amide bonds. The number of phenolic OH excluding ortho intramolecular Hbond substituents is 1. The number of nitrogens with zero attached hydrogens (tertiary/aromatic N) is 2. The first-order valence-corrected chi connectivity index (χ1v) is 7.90. The fraction of sp³-hybridized carbons (Fsp3) is 0.294. The summed E-state index contributed by atoms with van der Waals surface area (Å²) in [5.74, 6) is 0.736. The number of hydrogen-bond donors (Lipinski definition) is 1. The highest BCUT2D eigenvalue weighted by Crippen LogP contribution is 2.36. The van der Waals surface area contributed by atoms with Crippen LogP contribution in [0.1, 0.15) is 30.7 Å². The Labute approximate surface area is 145 Å². The van der Waals surface area contributed by atoms with Crippen molar-refractivity contribution in [1.29, 1.82) is 5.26 Å². The molecule has 1 aromatic carbocycles. The summed E-state index contributed by atoms with van der Waals surface area (Å²) in [4.78, 5) is 4.39. The van der Waals surface area contributed by atoms with E-state index < -0.39 is 5.41 Å². The summed E-state index contributed by atoms with van der Waals surface area (Å²) in [6.07, 6.45) is 0. The van der Waals surface area contributed by atoms with Gasteiger partial charge in [0.2, 0.25) is 0 Å². The van der Waals surface area contributed by atoms with Crippen LogP contribution in [0.4, 0.5) is 0 Å². The average Bonchev–Trinajstić information content (AvgIpc) is 2.53. The maximum atomic E-state index is 9.43. The summed E-state index contributed by atoms with van der Waals surface area (Å²) in [5.41, 5.74) is 1.41. The second-order valence-corrected chi connectivity index (χ2v) is 6.23. The number of benzene rings is 1. The number of hydrogen-bond acceptors (Lipinski definition) is 4. The second-order valence-electron chi connectivity index (χ2n) is 5.50. The van der Waals surface area contributed by atoms with E-state index in [2.05, 4.69) is 11.1 Å². The van der Waals surface area contributed by atoms with Crippen LogP contribution in [-0.2, 0) is 5.41 Å². The van der Waals surface area contributed by atoms with Gasteiger partial charge in [-0.25, -0.2) is 4.98 Å². The lowest BCUT2D eigenvalue weighted by Gasteiger charge is -2.25. The van der Waals surface area contributed by atoms with Crippen LogP contribution in [0.5, 0.6) is 11.5 Å². The lowest BCUT2D eigenvalue weighted by Crippen LogP contribution is -2.21. The number of aromatic nitrogens is 1. The fourth-order valence-corrected chi connectivity index (χ4v) is 2.53. The first-order chi connectivity index (χ1) is 10.9. The van der Waals surface area contributed by atoms with Gasteiger partial charge < -0.3 is 9.84 Å². The second kappa shape index (κ2) is 7.08. The predicted molar refractivity (Wildman–Crippen MR) is 90.4 cm³/mol. The molecule has 1 aromatic heterocycles. The zero-order valence-electron chi connectivity index (χ0n) is 12.8. The molecule has 2 aromatic rings. The maximum Gasteiger partial charge on any atom is 0.174 e. The lowest BCUT2D eigenvalue weighted by molar-refractivity contribution is 0.340. The molecule has 0 fully saturated rings. The summed E-state index contributed by atoms with van der Waals surface area (Å²) >= 11 is 11.8. The number of rotatable bonds is 5. The quantitative estimate of drug-likeness (QED) is 0.646. The van der Waals surface area contributed by atoms with Gasteiger partial charge in [0.15, 0.2) is 10.9 Å². The van der Waals surface area contributed by atoms with Gasteiger partial charge in [-0.3, -0.25) is 0 Å². The molecule has 1 N–H and O–H groups in total. The zero-order valence-corrected chi connectivity index (χ0v) is 14.3. The molecule has 4 nitrogen and oxygen atoms in total. The molecule has 23 heavy (non-hydrogen) atoms. The van der Waals surface area contributed by atoms with Gasteiger partial charge in [-0.05, 0) is 23.8 Å². The minimum absolute atomic E-state index is 0.135. The summed E-state index contributed by atoms with van der Waals surface area (Å²) in [5, 5.41) is 18.9. The van der Waals surface area contributed by atoms with Gasteiger partial charge in [0.1, 0.15) is 18.4 Å². The number of ether oxygens (including phenoxy) is 1. The molecule has 0 atom stereocenters. The van der Waals surface area contributed by atoms with Crippen LogP contribution in [0.2, 0.25) is 5.15 Å². The third-order valence-corrected chi connectivity index (χ3v) is 4.02. The molecule has 0 radical (unpaired) electrons. The van der Waals surface area contributed by atoms with E-state index in [4.69, 9.17) is 27.9 Å². The molecule has 120 valence electrons. The largest absolute Gasteiger partial charge is 0.508 e. The molecule has 0 aliphatic heterocycles. The topological polar surface area (TPSA) is 66.1 Å². The third kappa shape index (κ3) is 3.69. The molecule has 1 heterocycles. The molecular formula is C17H16Cl2N2O2. The van der Waals surface area contributed by atoms with Crippen LogP contribution in [-0.4, -0.2) is 22.6 Å². The van der Waals surface area contributed by atoms with Crippen LogP contribution in [0.15, 0.2) is 30.3 Å². The number of phenols is 1. The highest BCUT2D eigenvalue weighted by Gasteiger charge is 2.27. The molecule has 6 heteroatoms. The van der Waals surface area contributed by atoms with Crippen LogP contribution in [0, 0.1) is 11.3 Å². The maximum absolute atomic E-state index is 9.43. The smallest absolute Gasteiger partial charge is 0.174 e. The number of pyridine rings is 1. The Balaban J connectivity index is 2.49. The van der Waals surface area contributed by atoms with Crippen LogP contribution >= 0.6 is 23.2 Å². The van der Waals surface area contributed by atoms with Crippen molar-refractivity contribution in [3.05, 3.63) is 52.3 Å². The standard InChI is InChI=1S/C17H16Cl2N2O2/c1-17(2,12-3-5-13(22)6-4-12)14-9-11(10-20)15(16(19)21-14)23-8-7-18/h3-6,9,22H,7-8H2,1-2H3. The highest BCUT2D eigenvalue weighted by atomic mass is 35.5. The molecule has 0 saturated heterocycles. The minimum Gasteiger partial charge on any atom is -0.508 e. The van der Waals surface area contributed by atoms with Gasteiger partial charge in [0, 0.05) is 5.41 Å². The van der Waals surface area contributed by atoms with Gasteiger partial charge in [0.05, 0.1) is 17.1 Å². The Morgan fingerprint density at radius 1 is 1.30 bits per heavy atom. The van der Waals surface area contributed by atoms with E-state index in [-0.39, 0.29) is 23.3 Å². The third-order valence-electron chi connectivity index (χ3n) is 3.61. The van der Waals surface area contributed by atoms with Crippen molar-refractivity contribution < 1.29 is 9.84 Å². The van der Waals surface area contributed by atoms with E-state index in [9.17, 15) is 10.4 Å². The van der Waals surface area contributed by atoms with Crippen molar-refractivity contribution in [2.24, 2.45) is 0 Å². The van der Waals surface area contributed by atoms with Crippen molar-refractivity contribution in [3.63, 3.8) is 0 Å². The Hall–Kier alpha value is -1.96. The number of alkyl halides is 1. The zero-order chi connectivity index (χ0) is 17.0. The first-order valence-electron chi connectivity index (χ1n) is 6.99. The van der Waals surface area contributed by atoms with Crippen molar-refractivity contribution in [1.82, 2.24) is 4.98 Å². The molecule has 0 unspecified atom stereocenters. The van der Waals surface area contributed by atoms with E-state index >= 15 is 0 Å². The minimum atomic E-state index is -0.492. The summed E-state index contributed by atoms with van der Waals surface area (Å²) in [6, 6.07) is 10.6. The van der Waals surface area contributed by atoms with Crippen molar-refractivity contribution in [3.8, 4) is 17.6 Å². The summed E-state index contributed by atoms with van der Waals surface area (Å²) < 4.78 is 5.42. The van der Waals surface area contributed by atoms with Crippen LogP contribution in [0.3, 0.4) is 0 Å². The SMILES string of the molecule is CC(C)(c1ccc(O)cc1)c1cc(C#N)c(OCCCl)c(Cl)n1. The van der Waals surface area contributed by atoms with Gasteiger partial charge >= 0.3 is 0 Å². The Morgan fingerprint density at radius 3 is 2.52 bits per heavy atom. The van der Waals surface area contributed by atoms with E-state index in [0.29, 0.717) is 17.1 Å². The predicted octanol–water partition coefficient (Wildman–Crippen LogP) is 4.26. The Bertz CT molecular complexity index is 737. The lowest BCUT2D eigenvalue weighted by atomic mass is 9.81. The van der Waals surface area contributed by atoms with E-state index in [1.54, 1.807) is 18.2 Å². The number of nitriles is 1. The van der Waals surface area contributed by atoms with Crippen LogP contribution in [0.25, 0.3) is 0 Å². The molecule has 2 rings (SSSR count). The Morgan fingerprint density at radius 2 is 1.96 bits per heavy atom. The molecule has 0 saturated carbocycles. The summed E-state index contributed by atoms with van der Waals surface area (Å²) in [7, 11) is 0. The molecule has 0 aliphatic rings. The average molecular weight is 351 g/mol. The normalized spacial score (nSPS) is 11.1. The van der Waals surface area contributed by atoms with Crippen molar-refractivity contribution in [2.75, 3.05) is 12.5 Å². The highest BCUT2D eigenvalue weighted by molar-refractivity contribution is 6.31. The van der Waals surface area contributed by atoms with Gasteiger partial charge in [-0.1, -0.05) is 37.6 Å². The first kappa shape index (κ1) is 17.4. The monoisotopic (exact) mass is 350 g/mol. The molecule has 0 spiro atoms. The molecule has 0 bridgehead atoms. The fourth-order valence-electron chi connectivity index (χ4n) is 2.21. The van der Waals surface area contributed by atoms with E-state index in [1.807, 2.05) is 26.0 Å². The van der Waals surface area contributed by atoms with E-state index in [0.717, 1.165) is 5.56 Å². The van der Waals surface area contributed by atoms with Crippen LogP contribution < -0.4 is 4.74 Å². The summed E-state index contributed by atoms with van der Waals surface area (Å²) in [6.45, 7) is 4.19. The van der Waals surface area contributed by atoms with E-state index in [1.165, 1.54) is 0 Å². The number of aromatic hydroxyl groups is 1. The molecule has 0 aliphatic carbocycles. The molecular weight excluding hydrogens is 335 g/mol.